The van der Waals surface area contributed by atoms with Crippen molar-refractivity contribution in [2.45, 2.75) is 77.1 Å². The fourth-order valence-corrected chi connectivity index (χ4v) is 7.13. The molecule has 2 atom stereocenters. The molecule has 3 amide bonds. The molecular weight excluding hydrogens is 528 g/mol. The molecule has 3 aromatic carbocycles. The minimum atomic E-state index is -0.515. The van der Waals surface area contributed by atoms with Crippen molar-refractivity contribution in [1.82, 2.24) is 10.2 Å². The number of rotatable bonds is 5. The Bertz CT molecular complexity index is 1640. The van der Waals surface area contributed by atoms with Crippen molar-refractivity contribution >= 4 is 40.1 Å². The van der Waals surface area contributed by atoms with Gasteiger partial charge in [-0.05, 0) is 94.7 Å². The van der Waals surface area contributed by atoms with Crippen LogP contribution in [0.3, 0.4) is 0 Å². The molecular formula is C34H38N4O4. The first-order chi connectivity index (χ1) is 20.0. The Morgan fingerprint density at radius 2 is 1.79 bits per heavy atom. The number of amides is 3. The third-order valence-corrected chi connectivity index (χ3v) is 9.35. The highest BCUT2D eigenvalue weighted by molar-refractivity contribution is 6.25. The highest BCUT2D eigenvalue weighted by Crippen LogP contribution is 2.51. The van der Waals surface area contributed by atoms with Gasteiger partial charge < -0.3 is 19.9 Å². The zero-order valence-corrected chi connectivity index (χ0v) is 25.0. The molecule has 4 fully saturated rings. The highest BCUT2D eigenvalue weighted by Gasteiger charge is 2.50. The van der Waals surface area contributed by atoms with E-state index < -0.39 is 11.1 Å². The van der Waals surface area contributed by atoms with Crippen LogP contribution in [0.2, 0.25) is 0 Å². The summed E-state index contributed by atoms with van der Waals surface area (Å²) in [5, 5.41) is 5.43. The number of anilines is 2. The first kappa shape index (κ1) is 26.8. The lowest BCUT2D eigenvalue weighted by molar-refractivity contribution is -0.0379. The molecule has 3 aromatic rings. The van der Waals surface area contributed by atoms with Gasteiger partial charge in [0.2, 0.25) is 0 Å². The number of hydrogen-bond donors (Lipinski definition) is 1. The zero-order valence-electron chi connectivity index (χ0n) is 25.0. The molecule has 4 heterocycles. The van der Waals surface area contributed by atoms with Crippen molar-refractivity contribution in [2.75, 3.05) is 29.4 Å². The molecule has 218 valence electrons. The van der Waals surface area contributed by atoms with Gasteiger partial charge in [0.05, 0.1) is 23.3 Å². The highest BCUT2D eigenvalue weighted by atomic mass is 16.6. The summed E-state index contributed by atoms with van der Waals surface area (Å²) in [5.74, 6) is -0.0416. The molecule has 5 aliphatic rings. The molecule has 8 rings (SSSR count). The number of nitrogens with zero attached hydrogens (tertiary/aromatic N) is 3. The van der Waals surface area contributed by atoms with Crippen molar-refractivity contribution in [3.05, 3.63) is 70.8 Å². The van der Waals surface area contributed by atoms with E-state index in [9.17, 15) is 14.4 Å². The van der Waals surface area contributed by atoms with E-state index in [4.69, 9.17) is 4.74 Å². The summed E-state index contributed by atoms with van der Waals surface area (Å²) in [5.41, 5.74) is 4.40. The molecule has 3 saturated heterocycles. The lowest BCUT2D eigenvalue weighted by Crippen LogP contribution is -2.70. The Balaban J connectivity index is 1.12. The topological polar surface area (TPSA) is 82.2 Å². The molecule has 1 N–H and O–H groups in total. The van der Waals surface area contributed by atoms with Gasteiger partial charge in [-0.25, -0.2) is 4.79 Å². The minimum absolute atomic E-state index is 0.0427. The molecule has 42 heavy (non-hydrogen) atoms. The number of benzene rings is 3. The van der Waals surface area contributed by atoms with Crippen LogP contribution in [0.5, 0.6) is 0 Å². The maximum atomic E-state index is 13.8. The van der Waals surface area contributed by atoms with Gasteiger partial charge in [-0.1, -0.05) is 24.3 Å². The van der Waals surface area contributed by atoms with Crippen molar-refractivity contribution in [1.29, 1.82) is 0 Å². The Labute approximate surface area is 246 Å². The fourth-order valence-electron chi connectivity index (χ4n) is 7.13. The van der Waals surface area contributed by atoms with Gasteiger partial charge in [-0.15, -0.1) is 0 Å². The summed E-state index contributed by atoms with van der Waals surface area (Å²) in [6.45, 7) is 11.7. The second-order valence-corrected chi connectivity index (χ2v) is 13.3. The normalized spacial score (nSPS) is 21.8. The molecule has 0 spiro atoms. The number of aryl methyl sites for hydroxylation is 1. The number of carbonyl (C=O) groups excluding carboxylic acids is 3. The molecule has 4 aliphatic heterocycles. The van der Waals surface area contributed by atoms with Gasteiger partial charge in [0, 0.05) is 41.8 Å². The first-order valence-electron chi connectivity index (χ1n) is 15.1. The summed E-state index contributed by atoms with van der Waals surface area (Å²) in [7, 11) is 0. The van der Waals surface area contributed by atoms with Crippen LogP contribution in [0, 0.1) is 6.92 Å². The fraction of sp³-hybridized carbons (Fsp3) is 0.441. The number of hydrogen-bond acceptors (Lipinski definition) is 5. The van der Waals surface area contributed by atoms with E-state index in [2.05, 4.69) is 28.4 Å². The Kier molecular flexibility index (Phi) is 5.88. The van der Waals surface area contributed by atoms with Crippen molar-refractivity contribution in [3.63, 3.8) is 0 Å². The van der Waals surface area contributed by atoms with Crippen molar-refractivity contribution in [3.8, 4) is 0 Å². The van der Waals surface area contributed by atoms with Crippen LogP contribution in [0.4, 0.5) is 16.2 Å². The van der Waals surface area contributed by atoms with Gasteiger partial charge in [0.1, 0.15) is 5.60 Å². The second-order valence-electron chi connectivity index (χ2n) is 13.3. The first-order valence-corrected chi connectivity index (χ1v) is 15.1. The molecule has 8 heteroatoms. The predicted octanol–water partition coefficient (Wildman–Crippen LogP) is 5.75. The zero-order chi connectivity index (χ0) is 29.6. The number of piperazine rings is 1. The molecule has 0 radical (unpaired) electrons. The number of nitrogens with one attached hydrogen (secondary N) is 1. The van der Waals surface area contributed by atoms with Gasteiger partial charge in [-0.2, -0.15) is 0 Å². The Morgan fingerprint density at radius 1 is 1.05 bits per heavy atom. The molecule has 1 saturated carbocycles. The Hall–Kier alpha value is -4.07. The summed E-state index contributed by atoms with van der Waals surface area (Å²) in [6, 6.07) is 16.4. The van der Waals surface area contributed by atoms with Gasteiger partial charge in [0.15, 0.2) is 0 Å². The summed E-state index contributed by atoms with van der Waals surface area (Å²) in [6.07, 6.45) is 2.46. The van der Waals surface area contributed by atoms with E-state index in [1.54, 1.807) is 0 Å². The van der Waals surface area contributed by atoms with Gasteiger partial charge in [0.25, 0.3) is 11.8 Å². The van der Waals surface area contributed by atoms with E-state index >= 15 is 0 Å². The average molecular weight is 567 g/mol. The average Bonchev–Trinajstić information content (AvgIpc) is 3.66. The van der Waals surface area contributed by atoms with Crippen LogP contribution in [-0.4, -0.2) is 60.1 Å². The number of fused-ring (bicyclic) bond motifs is 2. The lowest BCUT2D eigenvalue weighted by atomic mass is 9.87. The maximum absolute atomic E-state index is 13.8. The SMILES string of the molecule is CCN1C(=O)c2cccc3c(C4(NC(=O)c5cc(N6CC7CC(C6)N7C(=O)OC(C)(C)C)ccc5C)CC4)ccc1c23. The molecule has 2 bridgehead atoms. The summed E-state index contributed by atoms with van der Waals surface area (Å²) < 4.78 is 5.63. The Morgan fingerprint density at radius 3 is 2.45 bits per heavy atom. The third-order valence-electron chi connectivity index (χ3n) is 9.35. The molecule has 1 aliphatic carbocycles. The monoisotopic (exact) mass is 566 g/mol. The number of ether oxygens (including phenoxy) is 1. The van der Waals surface area contributed by atoms with E-state index in [1.165, 1.54) is 0 Å². The number of piperidine rings is 1. The third kappa shape index (κ3) is 4.14. The molecule has 8 nitrogen and oxygen atoms in total. The second kappa shape index (κ2) is 9.21. The standard InChI is InChI=1S/C34H38N4O4/c1-6-37-28-13-12-27(24-8-7-9-25(29(24)28)31(37)40)34(14-15-34)35-30(39)26-17-21(11-10-20(26)2)36-18-22-16-23(19-36)38(22)32(41)42-33(3,4)5/h7-13,17,22-23H,6,14-16,18-19H2,1-5H3,(H,35,39). The smallest absolute Gasteiger partial charge is 0.410 e. The van der Waals surface area contributed by atoms with Gasteiger partial charge in [-0.3, -0.25) is 14.5 Å². The number of carbonyl (C=O) groups is 3. The van der Waals surface area contributed by atoms with E-state index in [0.717, 1.165) is 71.2 Å². The quantitative estimate of drug-likeness (QED) is 0.426. The predicted molar refractivity (Wildman–Crippen MR) is 163 cm³/mol. The summed E-state index contributed by atoms with van der Waals surface area (Å²) >= 11 is 0. The van der Waals surface area contributed by atoms with Crippen molar-refractivity contribution in [2.24, 2.45) is 0 Å². The minimum Gasteiger partial charge on any atom is -0.444 e. The molecule has 2 unspecified atom stereocenters. The van der Waals surface area contributed by atoms with Gasteiger partial charge >= 0.3 is 6.09 Å². The van der Waals surface area contributed by atoms with E-state index in [1.807, 2.05) is 74.8 Å². The van der Waals surface area contributed by atoms with Crippen LogP contribution in [0.25, 0.3) is 10.8 Å². The lowest BCUT2D eigenvalue weighted by Gasteiger charge is -2.56. The van der Waals surface area contributed by atoms with Crippen LogP contribution < -0.4 is 15.1 Å². The van der Waals surface area contributed by atoms with Crippen LogP contribution in [0.15, 0.2) is 48.5 Å². The van der Waals surface area contributed by atoms with E-state index in [-0.39, 0.29) is 30.0 Å². The largest absolute Gasteiger partial charge is 0.444 e. The van der Waals surface area contributed by atoms with Crippen LogP contribution in [0.1, 0.15) is 78.8 Å². The van der Waals surface area contributed by atoms with Crippen LogP contribution >= 0.6 is 0 Å². The molecule has 0 aromatic heterocycles. The van der Waals surface area contributed by atoms with E-state index in [0.29, 0.717) is 12.1 Å². The van der Waals surface area contributed by atoms with Crippen molar-refractivity contribution < 1.29 is 19.1 Å². The van der Waals surface area contributed by atoms with Crippen LogP contribution in [-0.2, 0) is 10.3 Å². The maximum Gasteiger partial charge on any atom is 0.410 e. The summed E-state index contributed by atoms with van der Waals surface area (Å²) in [4.78, 5) is 45.6.